The summed E-state index contributed by atoms with van der Waals surface area (Å²) in [5, 5.41) is 6.42. The number of hydrogen-bond acceptors (Lipinski definition) is 6. The van der Waals surface area contributed by atoms with E-state index in [4.69, 9.17) is 4.98 Å². The van der Waals surface area contributed by atoms with E-state index in [9.17, 15) is 9.59 Å². The first kappa shape index (κ1) is 31.2. The molecule has 1 aliphatic rings. The van der Waals surface area contributed by atoms with Gasteiger partial charge in [0.25, 0.3) is 11.5 Å². The summed E-state index contributed by atoms with van der Waals surface area (Å²) in [7, 11) is 0. The third-order valence-electron chi connectivity index (χ3n) is 8.29. The maximum Gasteiger partial charge on any atom is 0.256 e. The number of benzene rings is 2. The lowest BCUT2D eigenvalue weighted by Crippen LogP contribution is -2.32. The molecule has 4 aromatic rings. The van der Waals surface area contributed by atoms with Crippen LogP contribution >= 0.6 is 0 Å². The van der Waals surface area contributed by atoms with Crippen molar-refractivity contribution < 1.29 is 18.0 Å². The molecule has 8 nitrogen and oxygen atoms in total. The average molecular weight is 607 g/mol. The van der Waals surface area contributed by atoms with E-state index in [1.165, 1.54) is 24.3 Å². The van der Waals surface area contributed by atoms with Gasteiger partial charge in [-0.1, -0.05) is 32.8 Å². The Bertz CT molecular complexity index is 1710. The first-order valence-electron chi connectivity index (χ1n) is 15.2. The largest absolute Gasteiger partial charge is 0.354 e. The van der Waals surface area contributed by atoms with Crippen LogP contribution < -0.4 is 16.2 Å². The summed E-state index contributed by atoms with van der Waals surface area (Å²) in [5.74, 6) is -2.78. The number of anilines is 1. The highest BCUT2D eigenvalue weighted by molar-refractivity contribution is 5.98. The monoisotopic (exact) mass is 606 g/mol. The van der Waals surface area contributed by atoms with Crippen LogP contribution in [0.2, 0.25) is 0 Å². The Hall–Kier alpha value is -4.25. The van der Waals surface area contributed by atoms with Gasteiger partial charge in [0, 0.05) is 35.2 Å². The number of hydrogen-bond donors (Lipinski definition) is 2. The molecular formula is C33H37F3N6O2. The highest BCUT2D eigenvalue weighted by atomic mass is 19.1. The second kappa shape index (κ2) is 13.6. The molecule has 2 heterocycles. The van der Waals surface area contributed by atoms with Crippen molar-refractivity contribution >= 4 is 22.9 Å². The molecule has 0 saturated heterocycles. The number of nitrogens with one attached hydrogen (secondary N) is 2. The van der Waals surface area contributed by atoms with Crippen molar-refractivity contribution in [1.82, 2.24) is 24.8 Å². The van der Waals surface area contributed by atoms with Crippen molar-refractivity contribution in [2.75, 3.05) is 31.5 Å². The molecule has 1 fully saturated rings. The van der Waals surface area contributed by atoms with Gasteiger partial charge in [-0.3, -0.25) is 14.2 Å². The van der Waals surface area contributed by atoms with E-state index in [1.807, 2.05) is 0 Å². The molecule has 2 aromatic carbocycles. The van der Waals surface area contributed by atoms with E-state index in [0.29, 0.717) is 12.1 Å². The zero-order chi connectivity index (χ0) is 31.4. The van der Waals surface area contributed by atoms with Gasteiger partial charge >= 0.3 is 0 Å². The van der Waals surface area contributed by atoms with Gasteiger partial charge in [0.15, 0.2) is 5.65 Å². The smallest absolute Gasteiger partial charge is 0.256 e. The van der Waals surface area contributed by atoms with Gasteiger partial charge in [-0.25, -0.2) is 18.2 Å². The van der Waals surface area contributed by atoms with Gasteiger partial charge in [-0.2, -0.15) is 4.98 Å². The second-order valence-corrected chi connectivity index (χ2v) is 11.1. The van der Waals surface area contributed by atoms with E-state index in [2.05, 4.69) is 34.4 Å². The van der Waals surface area contributed by atoms with Crippen LogP contribution in [0.5, 0.6) is 0 Å². The average Bonchev–Trinajstić information content (AvgIpc) is 3.52. The minimum absolute atomic E-state index is 0.0347. The van der Waals surface area contributed by atoms with Crippen LogP contribution in [0.4, 0.5) is 19.1 Å². The standard InChI is InChI=1S/C33H37F3N6O2/c1-4-41(5-2)17-9-16-37-33-39-29(24-18-21(19-27(36)20(24)3)32(44)38-22-10-6-7-11-22)23-14-15-28(43)42(31(23)40-33)30-25(34)12-8-13-26(30)35/h8,12-15,18-19,22H,4-7,9-11,16-17H2,1-3H3,(H,38,44)(H,37,39,40). The Morgan fingerprint density at radius 1 is 1.00 bits per heavy atom. The van der Waals surface area contributed by atoms with Gasteiger partial charge < -0.3 is 15.5 Å². The molecule has 1 aliphatic carbocycles. The van der Waals surface area contributed by atoms with Gasteiger partial charge in [0.2, 0.25) is 5.95 Å². The molecule has 0 spiro atoms. The number of halogens is 3. The molecule has 5 rings (SSSR count). The Kier molecular flexibility index (Phi) is 9.63. The Morgan fingerprint density at radius 2 is 1.70 bits per heavy atom. The Balaban J connectivity index is 1.67. The number of aromatic nitrogens is 3. The Labute approximate surface area is 254 Å². The molecule has 0 radical (unpaired) electrons. The van der Waals surface area contributed by atoms with Crippen LogP contribution in [0.3, 0.4) is 0 Å². The lowest BCUT2D eigenvalue weighted by atomic mass is 9.98. The van der Waals surface area contributed by atoms with E-state index < -0.39 is 34.6 Å². The molecule has 232 valence electrons. The number of pyridine rings is 1. The van der Waals surface area contributed by atoms with Crippen LogP contribution in [0, 0.1) is 24.4 Å². The molecule has 1 amide bonds. The number of amides is 1. The third kappa shape index (κ3) is 6.47. The maximum atomic E-state index is 15.4. The Morgan fingerprint density at radius 3 is 2.39 bits per heavy atom. The highest BCUT2D eigenvalue weighted by Gasteiger charge is 2.24. The first-order valence-corrected chi connectivity index (χ1v) is 15.2. The molecule has 44 heavy (non-hydrogen) atoms. The molecular weight excluding hydrogens is 569 g/mol. The molecule has 0 bridgehead atoms. The van der Waals surface area contributed by atoms with Crippen molar-refractivity contribution in [3.8, 4) is 16.9 Å². The van der Waals surface area contributed by atoms with Crippen LogP contribution in [0.15, 0.2) is 47.3 Å². The molecule has 11 heteroatoms. The third-order valence-corrected chi connectivity index (χ3v) is 8.29. The fraction of sp³-hybridized carbons (Fsp3) is 0.394. The van der Waals surface area contributed by atoms with Crippen molar-refractivity contribution in [2.24, 2.45) is 0 Å². The number of nitrogens with zero attached hydrogens (tertiary/aromatic N) is 4. The van der Waals surface area contributed by atoms with Crippen molar-refractivity contribution in [2.45, 2.75) is 58.9 Å². The zero-order valence-electron chi connectivity index (χ0n) is 25.2. The maximum absolute atomic E-state index is 15.4. The fourth-order valence-corrected chi connectivity index (χ4v) is 5.76. The summed E-state index contributed by atoms with van der Waals surface area (Å²) in [6.45, 7) is 8.85. The van der Waals surface area contributed by atoms with E-state index >= 15 is 13.2 Å². The minimum Gasteiger partial charge on any atom is -0.354 e. The topological polar surface area (TPSA) is 92.2 Å². The highest BCUT2D eigenvalue weighted by Crippen LogP contribution is 2.33. The summed E-state index contributed by atoms with van der Waals surface area (Å²) in [6.07, 6.45) is 4.56. The van der Waals surface area contributed by atoms with Gasteiger partial charge in [-0.15, -0.1) is 0 Å². The summed E-state index contributed by atoms with van der Waals surface area (Å²) < 4.78 is 46.3. The van der Waals surface area contributed by atoms with Gasteiger partial charge in [0.05, 0.1) is 5.69 Å². The lowest BCUT2D eigenvalue weighted by molar-refractivity contribution is 0.0937. The van der Waals surface area contributed by atoms with E-state index in [-0.39, 0.29) is 39.8 Å². The zero-order valence-corrected chi connectivity index (χ0v) is 25.2. The van der Waals surface area contributed by atoms with Crippen LogP contribution in [-0.4, -0.2) is 57.6 Å². The van der Waals surface area contributed by atoms with E-state index in [0.717, 1.165) is 68.4 Å². The summed E-state index contributed by atoms with van der Waals surface area (Å²) in [5.41, 5.74) is -0.455. The molecule has 0 atom stereocenters. The minimum atomic E-state index is -0.943. The summed E-state index contributed by atoms with van der Waals surface area (Å²) in [6, 6.07) is 8.75. The first-order chi connectivity index (χ1) is 21.2. The second-order valence-electron chi connectivity index (χ2n) is 11.1. The van der Waals surface area contributed by atoms with E-state index in [1.54, 1.807) is 13.0 Å². The number of carbonyl (C=O) groups is 1. The number of fused-ring (bicyclic) bond motifs is 1. The van der Waals surface area contributed by atoms with Crippen LogP contribution in [-0.2, 0) is 0 Å². The van der Waals surface area contributed by atoms with Gasteiger partial charge in [0.1, 0.15) is 23.1 Å². The van der Waals surface area contributed by atoms with Gasteiger partial charge in [-0.05, 0) is 81.7 Å². The fourth-order valence-electron chi connectivity index (χ4n) is 5.76. The normalized spacial score (nSPS) is 13.6. The van der Waals surface area contributed by atoms with Crippen LogP contribution in [0.25, 0.3) is 28.0 Å². The molecule has 0 aliphatic heterocycles. The lowest BCUT2D eigenvalue weighted by Gasteiger charge is -2.19. The predicted octanol–water partition coefficient (Wildman–Crippen LogP) is 5.99. The number of para-hydroxylation sites is 1. The van der Waals surface area contributed by atoms with Crippen molar-refractivity contribution in [3.05, 3.63) is 81.4 Å². The predicted molar refractivity (Wildman–Crippen MR) is 166 cm³/mol. The molecule has 1 saturated carbocycles. The molecule has 0 unspecified atom stereocenters. The summed E-state index contributed by atoms with van der Waals surface area (Å²) >= 11 is 0. The van der Waals surface area contributed by atoms with Crippen LogP contribution in [0.1, 0.15) is 61.9 Å². The number of rotatable bonds is 11. The number of carbonyl (C=O) groups excluding carboxylic acids is 1. The van der Waals surface area contributed by atoms with Crippen molar-refractivity contribution in [1.29, 1.82) is 0 Å². The molecule has 2 N–H and O–H groups in total. The molecule has 2 aromatic heterocycles. The van der Waals surface area contributed by atoms with Crippen molar-refractivity contribution in [3.63, 3.8) is 0 Å². The quantitative estimate of drug-likeness (QED) is 0.204. The summed E-state index contributed by atoms with van der Waals surface area (Å²) in [4.78, 5) is 37.8. The SMILES string of the molecule is CCN(CC)CCCNc1nc(-c2cc(C(=O)NC3CCCC3)cc(F)c2C)c2ccc(=O)n(-c3c(F)cccc3F)c2n1.